The van der Waals surface area contributed by atoms with Crippen molar-refractivity contribution in [1.82, 2.24) is 5.32 Å². The van der Waals surface area contributed by atoms with Gasteiger partial charge in [0.15, 0.2) is 0 Å². The molecule has 1 amide bonds. The molecule has 0 spiro atoms. The van der Waals surface area contributed by atoms with Crippen molar-refractivity contribution in [3.05, 3.63) is 34.3 Å². The highest BCUT2D eigenvalue weighted by atomic mass is 35.5. The third-order valence-electron chi connectivity index (χ3n) is 2.71. The third kappa shape index (κ3) is 4.21. The van der Waals surface area contributed by atoms with Crippen molar-refractivity contribution in [2.45, 2.75) is 32.7 Å². The lowest BCUT2D eigenvalue weighted by Gasteiger charge is -2.15. The van der Waals surface area contributed by atoms with Crippen molar-refractivity contribution >= 4 is 29.1 Å². The standard InChI is InChI=1S/C13H17Cl2NO/c1-3-11(6-7-14)16-13(17)10-4-5-12(15)9(2)8-10/h4-5,8,11H,3,6-7H2,1-2H3,(H,16,17). The Morgan fingerprint density at radius 2 is 2.18 bits per heavy atom. The average molecular weight is 274 g/mol. The van der Waals surface area contributed by atoms with Crippen LogP contribution in [0.15, 0.2) is 18.2 Å². The number of hydrogen-bond donors (Lipinski definition) is 1. The van der Waals surface area contributed by atoms with Gasteiger partial charge in [0.1, 0.15) is 0 Å². The number of carbonyl (C=O) groups is 1. The topological polar surface area (TPSA) is 29.1 Å². The second-order valence-electron chi connectivity index (χ2n) is 4.02. The summed E-state index contributed by atoms with van der Waals surface area (Å²) in [7, 11) is 0. The molecule has 0 aliphatic carbocycles. The zero-order valence-electron chi connectivity index (χ0n) is 10.1. The summed E-state index contributed by atoms with van der Waals surface area (Å²) in [5.41, 5.74) is 1.55. The van der Waals surface area contributed by atoms with Crippen LogP contribution in [0.5, 0.6) is 0 Å². The maximum absolute atomic E-state index is 12.0. The number of nitrogens with one attached hydrogen (secondary N) is 1. The van der Waals surface area contributed by atoms with E-state index in [1.807, 2.05) is 13.8 Å². The van der Waals surface area contributed by atoms with Crippen LogP contribution in [0.2, 0.25) is 5.02 Å². The molecule has 1 aromatic carbocycles. The van der Waals surface area contributed by atoms with Crippen LogP contribution in [-0.4, -0.2) is 17.8 Å². The lowest BCUT2D eigenvalue weighted by atomic mass is 10.1. The first-order valence-corrected chi connectivity index (χ1v) is 6.62. The monoisotopic (exact) mass is 273 g/mol. The second-order valence-corrected chi connectivity index (χ2v) is 4.81. The predicted octanol–water partition coefficient (Wildman–Crippen LogP) is 3.79. The Balaban J connectivity index is 2.72. The Hall–Kier alpha value is -0.730. The second kappa shape index (κ2) is 6.87. The molecule has 1 atom stereocenters. The summed E-state index contributed by atoms with van der Waals surface area (Å²) in [5.74, 6) is 0.486. The molecule has 0 heterocycles. The number of rotatable bonds is 5. The summed E-state index contributed by atoms with van der Waals surface area (Å²) >= 11 is 11.6. The van der Waals surface area contributed by atoms with Crippen LogP contribution < -0.4 is 5.32 Å². The van der Waals surface area contributed by atoms with Crippen LogP contribution in [0.4, 0.5) is 0 Å². The minimum atomic E-state index is -0.0678. The molecular weight excluding hydrogens is 257 g/mol. The highest BCUT2D eigenvalue weighted by Gasteiger charge is 2.12. The van der Waals surface area contributed by atoms with Crippen molar-refractivity contribution in [1.29, 1.82) is 0 Å². The molecule has 0 fully saturated rings. The van der Waals surface area contributed by atoms with E-state index in [1.54, 1.807) is 18.2 Å². The Bertz CT molecular complexity index is 393. The van der Waals surface area contributed by atoms with E-state index in [9.17, 15) is 4.79 Å². The van der Waals surface area contributed by atoms with Crippen LogP contribution >= 0.6 is 23.2 Å². The minimum Gasteiger partial charge on any atom is -0.349 e. The van der Waals surface area contributed by atoms with Gasteiger partial charge < -0.3 is 5.32 Å². The van der Waals surface area contributed by atoms with E-state index in [-0.39, 0.29) is 11.9 Å². The van der Waals surface area contributed by atoms with E-state index in [2.05, 4.69) is 5.32 Å². The van der Waals surface area contributed by atoms with E-state index >= 15 is 0 Å². The quantitative estimate of drug-likeness (QED) is 0.813. The third-order valence-corrected chi connectivity index (χ3v) is 3.35. The van der Waals surface area contributed by atoms with Crippen LogP contribution in [0, 0.1) is 6.92 Å². The van der Waals surface area contributed by atoms with Gasteiger partial charge in [0.25, 0.3) is 5.91 Å². The largest absolute Gasteiger partial charge is 0.349 e. The number of hydrogen-bond acceptors (Lipinski definition) is 1. The van der Waals surface area contributed by atoms with Crippen molar-refractivity contribution < 1.29 is 4.79 Å². The summed E-state index contributed by atoms with van der Waals surface area (Å²) in [6.45, 7) is 3.92. The molecule has 2 nitrogen and oxygen atoms in total. The fourth-order valence-corrected chi connectivity index (χ4v) is 1.95. The van der Waals surface area contributed by atoms with Gasteiger partial charge in [0.2, 0.25) is 0 Å². The summed E-state index contributed by atoms with van der Waals surface area (Å²) in [5, 5.41) is 3.64. The first-order valence-electron chi connectivity index (χ1n) is 5.71. The van der Waals surface area contributed by atoms with Gasteiger partial charge in [0, 0.05) is 22.5 Å². The highest BCUT2D eigenvalue weighted by molar-refractivity contribution is 6.31. The maximum Gasteiger partial charge on any atom is 0.251 e. The molecule has 0 saturated carbocycles. The fraction of sp³-hybridized carbons (Fsp3) is 0.462. The van der Waals surface area contributed by atoms with Crippen molar-refractivity contribution in [3.63, 3.8) is 0 Å². The van der Waals surface area contributed by atoms with E-state index < -0.39 is 0 Å². The number of benzene rings is 1. The van der Waals surface area contributed by atoms with Gasteiger partial charge >= 0.3 is 0 Å². The molecule has 1 unspecified atom stereocenters. The molecule has 0 radical (unpaired) electrons. The van der Waals surface area contributed by atoms with Gasteiger partial charge in [-0.2, -0.15) is 0 Å². The summed E-state index contributed by atoms with van der Waals surface area (Å²) in [6.07, 6.45) is 1.67. The number of halogens is 2. The molecule has 1 aromatic rings. The molecule has 94 valence electrons. The van der Waals surface area contributed by atoms with Crippen LogP contribution in [0.25, 0.3) is 0 Å². The smallest absolute Gasteiger partial charge is 0.251 e. The summed E-state index contributed by atoms with van der Waals surface area (Å²) in [6, 6.07) is 5.41. The van der Waals surface area contributed by atoms with Gasteiger partial charge in [-0.15, -0.1) is 11.6 Å². The Morgan fingerprint density at radius 1 is 1.47 bits per heavy atom. The lowest BCUT2D eigenvalue weighted by molar-refractivity contribution is 0.0935. The molecule has 0 aliphatic rings. The minimum absolute atomic E-state index is 0.0678. The van der Waals surface area contributed by atoms with Gasteiger partial charge in [-0.3, -0.25) is 4.79 Å². The normalized spacial score (nSPS) is 12.2. The SMILES string of the molecule is CCC(CCCl)NC(=O)c1ccc(Cl)c(C)c1. The number of carbonyl (C=O) groups excluding carboxylic acids is 1. The molecule has 1 N–H and O–H groups in total. The van der Waals surface area contributed by atoms with Crippen LogP contribution in [0.1, 0.15) is 35.7 Å². The highest BCUT2D eigenvalue weighted by Crippen LogP contribution is 2.16. The number of amides is 1. The van der Waals surface area contributed by atoms with Crippen LogP contribution in [-0.2, 0) is 0 Å². The fourth-order valence-electron chi connectivity index (χ4n) is 1.56. The van der Waals surface area contributed by atoms with E-state index in [1.165, 1.54) is 0 Å². The van der Waals surface area contributed by atoms with Crippen molar-refractivity contribution in [2.24, 2.45) is 0 Å². The van der Waals surface area contributed by atoms with E-state index in [4.69, 9.17) is 23.2 Å². The Kier molecular flexibility index (Phi) is 5.79. The molecule has 0 aliphatic heterocycles. The summed E-state index contributed by atoms with van der Waals surface area (Å²) < 4.78 is 0. The van der Waals surface area contributed by atoms with E-state index in [0.717, 1.165) is 18.4 Å². The van der Waals surface area contributed by atoms with E-state index in [0.29, 0.717) is 16.5 Å². The van der Waals surface area contributed by atoms with Gasteiger partial charge in [-0.1, -0.05) is 18.5 Å². The first kappa shape index (κ1) is 14.3. The molecule has 1 rings (SSSR count). The lowest BCUT2D eigenvalue weighted by Crippen LogP contribution is -2.34. The van der Waals surface area contributed by atoms with Gasteiger partial charge in [-0.05, 0) is 43.5 Å². The van der Waals surface area contributed by atoms with Crippen molar-refractivity contribution in [3.8, 4) is 0 Å². The van der Waals surface area contributed by atoms with Gasteiger partial charge in [-0.25, -0.2) is 0 Å². The van der Waals surface area contributed by atoms with Crippen LogP contribution in [0.3, 0.4) is 0 Å². The van der Waals surface area contributed by atoms with Gasteiger partial charge in [0.05, 0.1) is 0 Å². The van der Waals surface area contributed by atoms with Crippen molar-refractivity contribution in [2.75, 3.05) is 5.88 Å². The molecule has 4 heteroatoms. The molecule has 17 heavy (non-hydrogen) atoms. The maximum atomic E-state index is 12.0. The zero-order chi connectivity index (χ0) is 12.8. The number of aryl methyl sites for hydroxylation is 1. The molecular formula is C13H17Cl2NO. The summed E-state index contributed by atoms with van der Waals surface area (Å²) in [4.78, 5) is 12.0. The molecule has 0 aromatic heterocycles. The predicted molar refractivity (Wildman–Crippen MR) is 73.1 cm³/mol. The number of alkyl halides is 1. The Morgan fingerprint density at radius 3 is 2.71 bits per heavy atom. The average Bonchev–Trinajstić information content (AvgIpc) is 2.31. The molecule has 0 saturated heterocycles. The zero-order valence-corrected chi connectivity index (χ0v) is 11.6. The Labute approximate surface area is 112 Å². The molecule has 0 bridgehead atoms. The first-order chi connectivity index (χ1) is 8.08.